The number of hydrogen-bond acceptors (Lipinski definition) is 4. The first kappa shape index (κ1) is 12.7. The molecule has 0 heterocycles. The van der Waals surface area contributed by atoms with Crippen molar-refractivity contribution in [2.75, 3.05) is 12.3 Å². The highest BCUT2D eigenvalue weighted by Crippen LogP contribution is 1.99. The van der Waals surface area contributed by atoms with Crippen molar-refractivity contribution in [3.8, 4) is 0 Å². The SMILES string of the molecule is CCSNCCCC[C@H](N)C(=O)O. The molecule has 0 aliphatic heterocycles. The summed E-state index contributed by atoms with van der Waals surface area (Å²) in [7, 11) is 0. The van der Waals surface area contributed by atoms with Gasteiger partial charge in [0.1, 0.15) is 6.04 Å². The average Bonchev–Trinajstić information content (AvgIpc) is 2.10. The second-order valence-electron chi connectivity index (χ2n) is 2.77. The average molecular weight is 206 g/mol. The predicted octanol–water partition coefficient (Wildman–Crippen LogP) is 0.826. The molecule has 0 saturated carbocycles. The Labute approximate surface area is 83.4 Å². The Balaban J connectivity index is 3.11. The van der Waals surface area contributed by atoms with E-state index in [1.54, 1.807) is 11.9 Å². The number of carboxylic acids is 1. The van der Waals surface area contributed by atoms with Crippen molar-refractivity contribution in [2.24, 2.45) is 5.73 Å². The molecule has 0 unspecified atom stereocenters. The highest BCUT2D eigenvalue weighted by atomic mass is 32.2. The molecule has 13 heavy (non-hydrogen) atoms. The number of nitrogens with two attached hydrogens (primary N) is 1. The minimum Gasteiger partial charge on any atom is -0.480 e. The molecule has 4 nitrogen and oxygen atoms in total. The van der Waals surface area contributed by atoms with E-state index in [-0.39, 0.29) is 0 Å². The van der Waals surface area contributed by atoms with Crippen molar-refractivity contribution in [1.29, 1.82) is 0 Å². The van der Waals surface area contributed by atoms with Crippen molar-refractivity contribution >= 4 is 17.9 Å². The zero-order valence-corrected chi connectivity index (χ0v) is 8.77. The summed E-state index contributed by atoms with van der Waals surface area (Å²) in [6.45, 7) is 3.00. The molecule has 4 N–H and O–H groups in total. The number of hydrogen-bond donors (Lipinski definition) is 3. The van der Waals surface area contributed by atoms with Gasteiger partial charge in [0.25, 0.3) is 0 Å². The van der Waals surface area contributed by atoms with E-state index in [4.69, 9.17) is 10.8 Å². The van der Waals surface area contributed by atoms with Crippen LogP contribution < -0.4 is 10.5 Å². The summed E-state index contributed by atoms with van der Waals surface area (Å²) in [6, 6.07) is -0.696. The molecule has 0 radical (unpaired) electrons. The van der Waals surface area contributed by atoms with Gasteiger partial charge in [0.15, 0.2) is 0 Å². The highest BCUT2D eigenvalue weighted by molar-refractivity contribution is 7.97. The highest BCUT2D eigenvalue weighted by Gasteiger charge is 2.09. The Morgan fingerprint density at radius 1 is 1.62 bits per heavy atom. The Hall–Kier alpha value is -0.260. The Bertz CT molecular complexity index is 144. The molecule has 1 atom stereocenters. The molecule has 0 saturated heterocycles. The van der Waals surface area contributed by atoms with Crippen LogP contribution in [0.25, 0.3) is 0 Å². The Kier molecular flexibility index (Phi) is 8.18. The van der Waals surface area contributed by atoms with Gasteiger partial charge >= 0.3 is 5.97 Å². The summed E-state index contributed by atoms with van der Waals surface area (Å²) in [4.78, 5) is 10.3. The van der Waals surface area contributed by atoms with Crippen LogP contribution in [0.3, 0.4) is 0 Å². The summed E-state index contributed by atoms with van der Waals surface area (Å²) in [5.41, 5.74) is 5.33. The van der Waals surface area contributed by atoms with E-state index >= 15 is 0 Å². The quantitative estimate of drug-likeness (QED) is 0.405. The van der Waals surface area contributed by atoms with Crippen LogP contribution in [-0.4, -0.2) is 29.4 Å². The lowest BCUT2D eigenvalue weighted by molar-refractivity contribution is -0.138. The lowest BCUT2D eigenvalue weighted by Crippen LogP contribution is -2.29. The second-order valence-corrected chi connectivity index (χ2v) is 3.92. The number of aliphatic carboxylic acids is 1. The van der Waals surface area contributed by atoms with Crippen LogP contribution in [0.1, 0.15) is 26.2 Å². The van der Waals surface area contributed by atoms with Gasteiger partial charge in [-0.25, -0.2) is 0 Å². The summed E-state index contributed by atoms with van der Waals surface area (Å²) < 4.78 is 3.17. The van der Waals surface area contributed by atoms with E-state index < -0.39 is 12.0 Å². The molecule has 0 bridgehead atoms. The topological polar surface area (TPSA) is 75.3 Å². The van der Waals surface area contributed by atoms with E-state index in [9.17, 15) is 4.79 Å². The normalized spacial score (nSPS) is 12.8. The predicted molar refractivity (Wildman–Crippen MR) is 55.6 cm³/mol. The van der Waals surface area contributed by atoms with Gasteiger partial charge < -0.3 is 10.8 Å². The lowest BCUT2D eigenvalue weighted by atomic mass is 10.1. The monoisotopic (exact) mass is 206 g/mol. The van der Waals surface area contributed by atoms with Gasteiger partial charge in [-0.15, -0.1) is 0 Å². The van der Waals surface area contributed by atoms with Crippen LogP contribution in [0.15, 0.2) is 0 Å². The van der Waals surface area contributed by atoms with E-state index in [2.05, 4.69) is 11.6 Å². The van der Waals surface area contributed by atoms with Gasteiger partial charge in [0, 0.05) is 12.3 Å². The first-order chi connectivity index (χ1) is 6.18. The minimum absolute atomic E-state index is 0.563. The Morgan fingerprint density at radius 3 is 2.85 bits per heavy atom. The molecule has 0 amide bonds. The minimum atomic E-state index is -0.907. The summed E-state index contributed by atoms with van der Waals surface area (Å²) in [6.07, 6.45) is 2.41. The fourth-order valence-corrected chi connectivity index (χ4v) is 1.35. The zero-order valence-electron chi connectivity index (χ0n) is 7.95. The third-order valence-corrected chi connectivity index (χ3v) is 2.30. The van der Waals surface area contributed by atoms with Crippen molar-refractivity contribution in [1.82, 2.24) is 4.72 Å². The van der Waals surface area contributed by atoms with Crippen molar-refractivity contribution < 1.29 is 9.90 Å². The fourth-order valence-electron chi connectivity index (χ4n) is 0.859. The van der Waals surface area contributed by atoms with Crippen LogP contribution in [0.4, 0.5) is 0 Å². The molecule has 0 aromatic rings. The Morgan fingerprint density at radius 2 is 2.31 bits per heavy atom. The molecule has 0 rings (SSSR count). The number of unbranched alkanes of at least 4 members (excludes halogenated alkanes) is 1. The maximum absolute atomic E-state index is 10.3. The molecule has 5 heteroatoms. The first-order valence-corrected chi connectivity index (χ1v) is 5.50. The number of rotatable bonds is 8. The van der Waals surface area contributed by atoms with Gasteiger partial charge in [0.05, 0.1) is 0 Å². The molecular weight excluding hydrogens is 188 g/mol. The standard InChI is InChI=1S/C8H18N2O2S/c1-2-13-10-6-4-3-5-7(9)8(11)12/h7,10H,2-6,9H2,1H3,(H,11,12)/t7-/m0/s1. The molecule has 0 aromatic heterocycles. The molecule has 0 aliphatic rings. The van der Waals surface area contributed by atoms with Crippen molar-refractivity contribution in [2.45, 2.75) is 32.2 Å². The van der Waals surface area contributed by atoms with Gasteiger partial charge in [-0.3, -0.25) is 9.52 Å². The lowest BCUT2D eigenvalue weighted by Gasteiger charge is -2.05. The smallest absolute Gasteiger partial charge is 0.320 e. The van der Waals surface area contributed by atoms with Crippen LogP contribution in [0, 0.1) is 0 Å². The molecular formula is C8H18N2O2S. The van der Waals surface area contributed by atoms with E-state index in [1.165, 1.54) is 0 Å². The van der Waals surface area contributed by atoms with Gasteiger partial charge in [-0.1, -0.05) is 25.3 Å². The summed E-state index contributed by atoms with van der Waals surface area (Å²) >= 11 is 1.68. The van der Waals surface area contributed by atoms with Gasteiger partial charge in [0.2, 0.25) is 0 Å². The third-order valence-electron chi connectivity index (χ3n) is 1.61. The van der Waals surface area contributed by atoms with E-state index in [1.807, 2.05) is 0 Å². The van der Waals surface area contributed by atoms with E-state index in [0.29, 0.717) is 6.42 Å². The van der Waals surface area contributed by atoms with Crippen LogP contribution in [0.2, 0.25) is 0 Å². The first-order valence-electron chi connectivity index (χ1n) is 4.51. The number of carbonyl (C=O) groups is 1. The van der Waals surface area contributed by atoms with Crippen molar-refractivity contribution in [3.05, 3.63) is 0 Å². The molecule has 78 valence electrons. The second kappa shape index (κ2) is 8.34. The van der Waals surface area contributed by atoms with Crippen LogP contribution >= 0.6 is 11.9 Å². The van der Waals surface area contributed by atoms with Gasteiger partial charge in [-0.05, 0) is 12.8 Å². The summed E-state index contributed by atoms with van der Waals surface area (Å²) in [5, 5.41) is 8.48. The third kappa shape index (κ3) is 8.08. The van der Waals surface area contributed by atoms with Crippen molar-refractivity contribution in [3.63, 3.8) is 0 Å². The van der Waals surface area contributed by atoms with Crippen LogP contribution in [0.5, 0.6) is 0 Å². The number of carboxylic acid groups (broad SMARTS) is 1. The molecule has 0 aliphatic carbocycles. The number of nitrogens with one attached hydrogen (secondary N) is 1. The zero-order chi connectivity index (χ0) is 10.1. The maximum Gasteiger partial charge on any atom is 0.320 e. The van der Waals surface area contributed by atoms with E-state index in [0.717, 1.165) is 25.1 Å². The maximum atomic E-state index is 10.3. The molecule has 0 aromatic carbocycles. The largest absolute Gasteiger partial charge is 0.480 e. The van der Waals surface area contributed by atoms with Gasteiger partial charge in [-0.2, -0.15) is 0 Å². The molecule has 0 spiro atoms. The summed E-state index contributed by atoms with van der Waals surface area (Å²) in [5.74, 6) is 0.144. The molecule has 0 fully saturated rings. The van der Waals surface area contributed by atoms with Crippen LogP contribution in [-0.2, 0) is 4.79 Å². The fraction of sp³-hybridized carbons (Fsp3) is 0.875.